The Morgan fingerprint density at radius 2 is 2.09 bits per heavy atom. The van der Waals surface area contributed by atoms with Gasteiger partial charge in [0.15, 0.2) is 0 Å². The minimum Gasteiger partial charge on any atom is -0.261 e. The molecule has 1 aromatic rings. The lowest BCUT2D eigenvalue weighted by atomic mass is 10.1. The van der Waals surface area contributed by atoms with Crippen LogP contribution in [0.2, 0.25) is 0 Å². The van der Waals surface area contributed by atoms with Crippen molar-refractivity contribution < 1.29 is 4.39 Å². The van der Waals surface area contributed by atoms with Crippen molar-refractivity contribution in [3.63, 3.8) is 0 Å². The second kappa shape index (κ2) is 2.99. The zero-order valence-corrected chi connectivity index (χ0v) is 7.06. The van der Waals surface area contributed by atoms with Gasteiger partial charge in [-0.2, -0.15) is 0 Å². The Morgan fingerprint density at radius 1 is 1.45 bits per heavy atom. The van der Waals surface area contributed by atoms with Crippen LogP contribution in [0.4, 0.5) is 4.39 Å². The summed E-state index contributed by atoms with van der Waals surface area (Å²) in [5.41, 5.74) is 1.42. The fourth-order valence-corrected chi connectivity index (χ4v) is 0.962. The molecule has 0 atom stereocenters. The Morgan fingerprint density at radius 3 is 2.55 bits per heavy atom. The molecule has 0 amide bonds. The highest BCUT2D eigenvalue weighted by molar-refractivity contribution is 5.18. The predicted molar refractivity (Wildman–Crippen MR) is 43.0 cm³/mol. The Labute approximate surface area is 66.3 Å². The number of pyridine rings is 1. The molecule has 1 nitrogen and oxygen atoms in total. The number of hydrogen-bond donors (Lipinski definition) is 0. The zero-order valence-electron chi connectivity index (χ0n) is 7.06. The van der Waals surface area contributed by atoms with Gasteiger partial charge in [-0.15, -0.1) is 0 Å². The molecule has 1 rings (SSSR count). The molecular weight excluding hydrogens is 141 g/mol. The standard InChI is InChI=1S/C9H12FN/c1-6(2)8-5-11-7(3)4-9(8)10/h4-6H,1-3H3. The third kappa shape index (κ3) is 1.76. The van der Waals surface area contributed by atoms with Crippen molar-refractivity contribution in [2.75, 3.05) is 0 Å². The molecule has 0 aromatic carbocycles. The Kier molecular flexibility index (Phi) is 2.22. The van der Waals surface area contributed by atoms with Gasteiger partial charge in [0.05, 0.1) is 0 Å². The van der Waals surface area contributed by atoms with Gasteiger partial charge < -0.3 is 0 Å². The van der Waals surface area contributed by atoms with Crippen molar-refractivity contribution >= 4 is 0 Å². The maximum atomic E-state index is 13.1. The van der Waals surface area contributed by atoms with E-state index in [-0.39, 0.29) is 11.7 Å². The Bertz CT molecular complexity index is 256. The molecule has 0 fully saturated rings. The number of halogens is 1. The van der Waals surface area contributed by atoms with Crippen LogP contribution in [0.25, 0.3) is 0 Å². The van der Waals surface area contributed by atoms with E-state index in [2.05, 4.69) is 4.98 Å². The van der Waals surface area contributed by atoms with Crippen LogP contribution in [-0.2, 0) is 0 Å². The van der Waals surface area contributed by atoms with E-state index in [0.29, 0.717) is 5.56 Å². The van der Waals surface area contributed by atoms with Gasteiger partial charge in [-0.25, -0.2) is 4.39 Å². The molecule has 0 unspecified atom stereocenters. The summed E-state index contributed by atoms with van der Waals surface area (Å²) < 4.78 is 13.1. The number of aryl methyl sites for hydroxylation is 1. The summed E-state index contributed by atoms with van der Waals surface area (Å²) >= 11 is 0. The second-order valence-corrected chi connectivity index (χ2v) is 3.00. The lowest BCUT2D eigenvalue weighted by Gasteiger charge is -2.05. The van der Waals surface area contributed by atoms with Crippen LogP contribution >= 0.6 is 0 Å². The van der Waals surface area contributed by atoms with Crippen LogP contribution in [0.5, 0.6) is 0 Å². The average Bonchev–Trinajstić information content (AvgIpc) is 1.85. The third-order valence-electron chi connectivity index (χ3n) is 1.64. The van der Waals surface area contributed by atoms with Gasteiger partial charge in [0.2, 0.25) is 0 Å². The van der Waals surface area contributed by atoms with Gasteiger partial charge in [-0.1, -0.05) is 13.8 Å². The molecule has 0 bridgehead atoms. The summed E-state index contributed by atoms with van der Waals surface area (Å²) in [6.07, 6.45) is 1.61. The van der Waals surface area contributed by atoms with E-state index in [1.54, 1.807) is 13.1 Å². The van der Waals surface area contributed by atoms with Gasteiger partial charge in [0.1, 0.15) is 5.82 Å². The first kappa shape index (κ1) is 8.18. The highest BCUT2D eigenvalue weighted by atomic mass is 19.1. The lowest BCUT2D eigenvalue weighted by molar-refractivity contribution is 0.593. The molecule has 60 valence electrons. The molecule has 0 saturated carbocycles. The van der Waals surface area contributed by atoms with Gasteiger partial charge >= 0.3 is 0 Å². The molecule has 0 aliphatic heterocycles. The van der Waals surface area contributed by atoms with E-state index in [0.717, 1.165) is 5.69 Å². The summed E-state index contributed by atoms with van der Waals surface area (Å²) in [6, 6.07) is 1.47. The molecular formula is C9H12FN. The first-order chi connectivity index (χ1) is 5.11. The molecule has 0 N–H and O–H groups in total. The van der Waals surface area contributed by atoms with Gasteiger partial charge in [-0.05, 0) is 18.9 Å². The minimum absolute atomic E-state index is 0.146. The van der Waals surface area contributed by atoms with E-state index in [1.807, 2.05) is 13.8 Å². The van der Waals surface area contributed by atoms with Crippen molar-refractivity contribution in [1.82, 2.24) is 4.98 Å². The summed E-state index contributed by atoms with van der Waals surface area (Å²) in [7, 11) is 0. The number of nitrogens with zero attached hydrogens (tertiary/aromatic N) is 1. The van der Waals surface area contributed by atoms with Gasteiger partial charge in [0, 0.05) is 17.5 Å². The maximum Gasteiger partial charge on any atom is 0.129 e. The quantitative estimate of drug-likeness (QED) is 0.604. The van der Waals surface area contributed by atoms with Crippen molar-refractivity contribution in [1.29, 1.82) is 0 Å². The summed E-state index contributed by atoms with van der Waals surface area (Å²) in [4.78, 5) is 4.02. The van der Waals surface area contributed by atoms with Crippen molar-refractivity contribution in [2.24, 2.45) is 0 Å². The highest BCUT2D eigenvalue weighted by Crippen LogP contribution is 2.16. The predicted octanol–water partition coefficient (Wildman–Crippen LogP) is 2.65. The molecule has 2 heteroatoms. The largest absolute Gasteiger partial charge is 0.261 e. The van der Waals surface area contributed by atoms with Crippen LogP contribution < -0.4 is 0 Å². The fourth-order valence-electron chi connectivity index (χ4n) is 0.962. The van der Waals surface area contributed by atoms with E-state index in [4.69, 9.17) is 0 Å². The minimum atomic E-state index is -0.146. The maximum absolute atomic E-state index is 13.1. The summed E-state index contributed by atoms with van der Waals surface area (Å²) in [5.74, 6) is 0.0654. The van der Waals surface area contributed by atoms with E-state index >= 15 is 0 Å². The van der Waals surface area contributed by atoms with E-state index < -0.39 is 0 Å². The number of hydrogen-bond acceptors (Lipinski definition) is 1. The Hall–Kier alpha value is -0.920. The molecule has 1 heterocycles. The zero-order chi connectivity index (χ0) is 8.43. The molecule has 11 heavy (non-hydrogen) atoms. The number of aromatic nitrogens is 1. The van der Waals surface area contributed by atoms with Crippen molar-refractivity contribution in [2.45, 2.75) is 26.7 Å². The molecule has 1 aromatic heterocycles. The topological polar surface area (TPSA) is 12.9 Å². The Balaban J connectivity index is 3.09. The van der Waals surface area contributed by atoms with E-state index in [1.165, 1.54) is 6.07 Å². The van der Waals surface area contributed by atoms with Crippen LogP contribution in [0, 0.1) is 12.7 Å². The molecule has 0 aliphatic rings. The van der Waals surface area contributed by atoms with Crippen molar-refractivity contribution in [3.8, 4) is 0 Å². The summed E-state index contributed by atoms with van der Waals surface area (Å²) in [6.45, 7) is 5.69. The molecule has 0 radical (unpaired) electrons. The monoisotopic (exact) mass is 153 g/mol. The van der Waals surface area contributed by atoms with Crippen LogP contribution in [0.1, 0.15) is 31.0 Å². The third-order valence-corrected chi connectivity index (χ3v) is 1.64. The highest BCUT2D eigenvalue weighted by Gasteiger charge is 2.05. The van der Waals surface area contributed by atoms with Crippen LogP contribution in [0.15, 0.2) is 12.3 Å². The first-order valence-corrected chi connectivity index (χ1v) is 3.73. The van der Waals surface area contributed by atoms with Crippen LogP contribution in [-0.4, -0.2) is 4.98 Å². The number of rotatable bonds is 1. The second-order valence-electron chi connectivity index (χ2n) is 3.00. The van der Waals surface area contributed by atoms with Gasteiger partial charge in [0.25, 0.3) is 0 Å². The normalized spacial score (nSPS) is 10.6. The van der Waals surface area contributed by atoms with E-state index in [9.17, 15) is 4.39 Å². The molecule has 0 aliphatic carbocycles. The van der Waals surface area contributed by atoms with Crippen LogP contribution in [0.3, 0.4) is 0 Å². The fraction of sp³-hybridized carbons (Fsp3) is 0.444. The van der Waals surface area contributed by atoms with Gasteiger partial charge in [-0.3, -0.25) is 4.98 Å². The molecule has 0 saturated heterocycles. The average molecular weight is 153 g/mol. The molecule has 0 spiro atoms. The smallest absolute Gasteiger partial charge is 0.129 e. The summed E-state index contributed by atoms with van der Waals surface area (Å²) in [5, 5.41) is 0. The lowest BCUT2D eigenvalue weighted by Crippen LogP contribution is -1.95. The van der Waals surface area contributed by atoms with Crippen molar-refractivity contribution in [3.05, 3.63) is 29.3 Å². The first-order valence-electron chi connectivity index (χ1n) is 3.73. The SMILES string of the molecule is Cc1cc(F)c(C(C)C)cn1.